The number of hydrogen-bond acceptors (Lipinski definition) is 4. The number of carbonyl (C=O) groups excluding carboxylic acids is 1. The Morgan fingerprint density at radius 3 is 2.72 bits per heavy atom. The molecule has 6 heteroatoms. The first kappa shape index (κ1) is 17.0. The van der Waals surface area contributed by atoms with E-state index in [-0.39, 0.29) is 11.8 Å². The van der Waals surface area contributed by atoms with Crippen LogP contribution in [0.1, 0.15) is 43.6 Å². The number of nitrogens with one attached hydrogen (secondary N) is 1. The van der Waals surface area contributed by atoms with Crippen LogP contribution in [0.4, 0.5) is 0 Å². The normalized spacial score (nSPS) is 29.2. The van der Waals surface area contributed by atoms with Crippen LogP contribution in [0.15, 0.2) is 12.4 Å². The molecule has 1 aliphatic carbocycles. The van der Waals surface area contributed by atoms with Gasteiger partial charge in [0.1, 0.15) is 0 Å². The van der Waals surface area contributed by atoms with E-state index in [9.17, 15) is 4.79 Å². The van der Waals surface area contributed by atoms with E-state index in [0.29, 0.717) is 5.91 Å². The lowest BCUT2D eigenvalue weighted by molar-refractivity contribution is -0.135. The zero-order valence-electron chi connectivity index (χ0n) is 15.4. The van der Waals surface area contributed by atoms with E-state index in [1.807, 2.05) is 17.9 Å². The SMILES string of the molecule is Cn1cc([C@H]2CNC[C@@H]2C(=O)N2CCCN(C3CCCC3)CC2)cn1. The Morgan fingerprint density at radius 1 is 1.12 bits per heavy atom. The Bertz CT molecular complexity index is 594. The van der Waals surface area contributed by atoms with Crippen LogP contribution in [0.3, 0.4) is 0 Å². The van der Waals surface area contributed by atoms with Crippen molar-refractivity contribution in [2.75, 3.05) is 39.3 Å². The minimum absolute atomic E-state index is 0.0576. The molecule has 1 amide bonds. The van der Waals surface area contributed by atoms with Crippen molar-refractivity contribution in [2.24, 2.45) is 13.0 Å². The Labute approximate surface area is 150 Å². The van der Waals surface area contributed by atoms with Gasteiger partial charge in [-0.25, -0.2) is 0 Å². The molecule has 0 spiro atoms. The van der Waals surface area contributed by atoms with Crippen LogP contribution in [0.2, 0.25) is 0 Å². The Balaban J connectivity index is 1.39. The highest BCUT2D eigenvalue weighted by atomic mass is 16.2. The van der Waals surface area contributed by atoms with Gasteiger partial charge in [-0.1, -0.05) is 12.8 Å². The fourth-order valence-electron chi connectivity index (χ4n) is 4.95. The van der Waals surface area contributed by atoms with Crippen molar-refractivity contribution in [1.82, 2.24) is 24.9 Å². The van der Waals surface area contributed by atoms with E-state index in [1.165, 1.54) is 31.2 Å². The summed E-state index contributed by atoms with van der Waals surface area (Å²) in [6.45, 7) is 5.69. The number of rotatable bonds is 3. The molecule has 0 aromatic carbocycles. The molecule has 2 saturated heterocycles. The Kier molecular flexibility index (Phi) is 5.08. The molecule has 1 N–H and O–H groups in total. The number of aryl methyl sites for hydroxylation is 1. The van der Waals surface area contributed by atoms with Crippen molar-refractivity contribution in [2.45, 2.75) is 44.1 Å². The van der Waals surface area contributed by atoms with Crippen LogP contribution in [0.5, 0.6) is 0 Å². The van der Waals surface area contributed by atoms with Gasteiger partial charge in [-0.15, -0.1) is 0 Å². The minimum Gasteiger partial charge on any atom is -0.341 e. The number of hydrogen-bond donors (Lipinski definition) is 1. The van der Waals surface area contributed by atoms with Gasteiger partial charge in [0.2, 0.25) is 5.91 Å². The smallest absolute Gasteiger partial charge is 0.227 e. The molecule has 6 nitrogen and oxygen atoms in total. The molecule has 0 unspecified atom stereocenters. The minimum atomic E-state index is 0.0576. The lowest BCUT2D eigenvalue weighted by Crippen LogP contribution is -2.42. The third-order valence-corrected chi connectivity index (χ3v) is 6.37. The van der Waals surface area contributed by atoms with Gasteiger partial charge in [0, 0.05) is 64.5 Å². The van der Waals surface area contributed by atoms with Crippen LogP contribution in [-0.4, -0.2) is 70.8 Å². The average Bonchev–Trinajstić information content (AvgIpc) is 3.33. The van der Waals surface area contributed by atoms with E-state index in [1.54, 1.807) is 0 Å². The summed E-state index contributed by atoms with van der Waals surface area (Å²) in [6.07, 6.45) is 10.5. The molecule has 2 atom stereocenters. The van der Waals surface area contributed by atoms with Crippen LogP contribution < -0.4 is 5.32 Å². The summed E-state index contributed by atoms with van der Waals surface area (Å²) in [5.74, 6) is 0.657. The van der Waals surface area contributed by atoms with E-state index >= 15 is 0 Å². The predicted molar refractivity (Wildman–Crippen MR) is 97.3 cm³/mol. The quantitative estimate of drug-likeness (QED) is 0.894. The molecule has 25 heavy (non-hydrogen) atoms. The van der Waals surface area contributed by atoms with Crippen molar-refractivity contribution in [3.05, 3.63) is 18.0 Å². The molecule has 1 saturated carbocycles. The molecule has 0 radical (unpaired) electrons. The van der Waals surface area contributed by atoms with Crippen LogP contribution in [0.25, 0.3) is 0 Å². The van der Waals surface area contributed by atoms with Crippen molar-refractivity contribution in [1.29, 1.82) is 0 Å². The molecular formula is C19H31N5O. The van der Waals surface area contributed by atoms with Gasteiger partial charge < -0.3 is 10.2 Å². The molecular weight excluding hydrogens is 314 g/mol. The topological polar surface area (TPSA) is 53.4 Å². The number of carbonyl (C=O) groups is 1. The van der Waals surface area contributed by atoms with Gasteiger partial charge in [-0.05, 0) is 24.8 Å². The number of nitrogens with zero attached hydrogens (tertiary/aromatic N) is 4. The van der Waals surface area contributed by atoms with Gasteiger partial charge in [0.15, 0.2) is 0 Å². The van der Waals surface area contributed by atoms with Gasteiger partial charge in [0.05, 0.1) is 12.1 Å². The molecule has 138 valence electrons. The van der Waals surface area contributed by atoms with E-state index in [0.717, 1.165) is 51.7 Å². The molecule has 2 aliphatic heterocycles. The maximum absolute atomic E-state index is 13.2. The predicted octanol–water partition coefficient (Wildman–Crippen LogP) is 1.20. The van der Waals surface area contributed by atoms with Crippen molar-refractivity contribution < 1.29 is 4.79 Å². The van der Waals surface area contributed by atoms with Gasteiger partial charge in [-0.3, -0.25) is 14.4 Å². The third-order valence-electron chi connectivity index (χ3n) is 6.37. The summed E-state index contributed by atoms with van der Waals surface area (Å²) in [6, 6.07) is 0.770. The van der Waals surface area contributed by atoms with E-state index in [4.69, 9.17) is 0 Å². The second kappa shape index (κ2) is 7.46. The standard InChI is InChI=1S/C19H31N5O/c1-22-14-15(11-21-22)17-12-20-13-18(17)19(25)24-8-4-7-23(9-10-24)16-5-2-3-6-16/h11,14,16-18,20H,2-10,12-13H2,1H3/t17-,18+/m1/s1. The molecule has 1 aromatic heterocycles. The summed E-state index contributed by atoms with van der Waals surface area (Å²) in [5.41, 5.74) is 1.19. The van der Waals surface area contributed by atoms with Gasteiger partial charge in [-0.2, -0.15) is 5.10 Å². The molecule has 3 aliphatic rings. The number of amides is 1. The third kappa shape index (κ3) is 3.60. The first-order valence-corrected chi connectivity index (χ1v) is 9.94. The molecule has 3 fully saturated rings. The first-order chi connectivity index (χ1) is 12.2. The molecule has 1 aromatic rings. The number of aromatic nitrogens is 2. The lowest BCUT2D eigenvalue weighted by Gasteiger charge is -2.28. The molecule has 4 rings (SSSR count). The summed E-state index contributed by atoms with van der Waals surface area (Å²) >= 11 is 0. The zero-order chi connectivity index (χ0) is 17.2. The van der Waals surface area contributed by atoms with E-state index in [2.05, 4.69) is 26.4 Å². The van der Waals surface area contributed by atoms with Crippen molar-refractivity contribution in [3.63, 3.8) is 0 Å². The van der Waals surface area contributed by atoms with Crippen molar-refractivity contribution in [3.8, 4) is 0 Å². The summed E-state index contributed by atoms with van der Waals surface area (Å²) in [7, 11) is 1.94. The molecule has 0 bridgehead atoms. The Hall–Kier alpha value is -1.40. The fraction of sp³-hybridized carbons (Fsp3) is 0.789. The van der Waals surface area contributed by atoms with Crippen LogP contribution in [0, 0.1) is 5.92 Å². The second-order valence-electron chi connectivity index (χ2n) is 7.97. The highest BCUT2D eigenvalue weighted by Gasteiger charge is 2.37. The second-order valence-corrected chi connectivity index (χ2v) is 7.97. The first-order valence-electron chi connectivity index (χ1n) is 9.94. The van der Waals surface area contributed by atoms with Crippen LogP contribution >= 0.6 is 0 Å². The van der Waals surface area contributed by atoms with Gasteiger partial charge in [0.25, 0.3) is 0 Å². The molecule has 3 heterocycles. The van der Waals surface area contributed by atoms with Gasteiger partial charge >= 0.3 is 0 Å². The maximum atomic E-state index is 13.2. The maximum Gasteiger partial charge on any atom is 0.227 e. The Morgan fingerprint density at radius 2 is 1.96 bits per heavy atom. The lowest BCUT2D eigenvalue weighted by atomic mass is 9.89. The average molecular weight is 345 g/mol. The summed E-state index contributed by atoms with van der Waals surface area (Å²) < 4.78 is 1.83. The zero-order valence-corrected chi connectivity index (χ0v) is 15.4. The summed E-state index contributed by atoms with van der Waals surface area (Å²) in [5, 5.41) is 7.72. The monoisotopic (exact) mass is 345 g/mol. The highest BCUT2D eigenvalue weighted by Crippen LogP contribution is 2.30. The highest BCUT2D eigenvalue weighted by molar-refractivity contribution is 5.80. The fourth-order valence-corrected chi connectivity index (χ4v) is 4.95. The summed E-state index contributed by atoms with van der Waals surface area (Å²) in [4.78, 5) is 18.0. The van der Waals surface area contributed by atoms with E-state index < -0.39 is 0 Å². The largest absolute Gasteiger partial charge is 0.341 e. The van der Waals surface area contributed by atoms with Crippen LogP contribution in [-0.2, 0) is 11.8 Å². The van der Waals surface area contributed by atoms with Crippen molar-refractivity contribution >= 4 is 5.91 Å².